The van der Waals surface area contributed by atoms with Crippen molar-refractivity contribution in [2.45, 2.75) is 19.8 Å². The molecule has 1 saturated heterocycles. The fraction of sp³-hybridized carbons (Fsp3) is 0.263. The van der Waals surface area contributed by atoms with Gasteiger partial charge in [0.25, 0.3) is 0 Å². The van der Waals surface area contributed by atoms with E-state index in [1.807, 2.05) is 49.4 Å². The molecule has 1 aliphatic rings. The van der Waals surface area contributed by atoms with E-state index in [1.165, 1.54) is 11.3 Å². The summed E-state index contributed by atoms with van der Waals surface area (Å²) in [7, 11) is 0. The number of nitrogens with one attached hydrogen (secondary N) is 1. The van der Waals surface area contributed by atoms with Crippen LogP contribution in [0.2, 0.25) is 0 Å². The van der Waals surface area contributed by atoms with Crippen molar-refractivity contribution < 1.29 is 9.59 Å². The maximum atomic E-state index is 12.6. The molecule has 1 aromatic heterocycles. The lowest BCUT2D eigenvalue weighted by atomic mass is 10.1. The van der Waals surface area contributed by atoms with Gasteiger partial charge in [-0.05, 0) is 17.9 Å². The number of benzene rings is 2. The number of amides is 2. The number of carbonyl (C=O) groups is 2. The van der Waals surface area contributed by atoms with Crippen LogP contribution in [0.1, 0.15) is 18.4 Å². The number of hydrogen-bond donors (Lipinski definition) is 1. The maximum Gasteiger partial charge on any atom is 0.231 e. The van der Waals surface area contributed by atoms with Crippen molar-refractivity contribution in [1.29, 1.82) is 0 Å². The summed E-state index contributed by atoms with van der Waals surface area (Å²) in [6, 6.07) is 13.8. The van der Waals surface area contributed by atoms with Crippen molar-refractivity contribution in [1.82, 2.24) is 10.2 Å². The fourth-order valence-corrected chi connectivity index (χ4v) is 3.90. The van der Waals surface area contributed by atoms with Gasteiger partial charge in [0.2, 0.25) is 16.9 Å². The quantitative estimate of drug-likeness (QED) is 0.769. The lowest BCUT2D eigenvalue weighted by Gasteiger charge is -2.18. The molecule has 1 fully saturated rings. The summed E-state index contributed by atoms with van der Waals surface area (Å²) in [6.07, 6.45) is 0.985. The van der Waals surface area contributed by atoms with E-state index in [4.69, 9.17) is 0 Å². The Morgan fingerprint density at radius 2 is 2.04 bits per heavy atom. The number of aromatic nitrogens is 2. The molecule has 0 saturated carbocycles. The molecule has 0 spiro atoms. The van der Waals surface area contributed by atoms with E-state index < -0.39 is 5.92 Å². The van der Waals surface area contributed by atoms with Gasteiger partial charge in [-0.2, -0.15) is 0 Å². The van der Waals surface area contributed by atoms with E-state index in [2.05, 4.69) is 15.5 Å². The lowest BCUT2D eigenvalue weighted by Crippen LogP contribution is -2.28. The molecule has 26 heavy (non-hydrogen) atoms. The first-order valence-electron chi connectivity index (χ1n) is 8.57. The van der Waals surface area contributed by atoms with Crippen LogP contribution < -0.4 is 10.2 Å². The first-order valence-corrected chi connectivity index (χ1v) is 9.38. The predicted molar refractivity (Wildman–Crippen MR) is 102 cm³/mol. The van der Waals surface area contributed by atoms with Crippen LogP contribution in [-0.2, 0) is 16.0 Å². The number of fused-ring (bicyclic) bond motifs is 1. The van der Waals surface area contributed by atoms with Gasteiger partial charge in [0, 0.05) is 18.4 Å². The van der Waals surface area contributed by atoms with Crippen LogP contribution in [0.25, 0.3) is 10.8 Å². The topological polar surface area (TPSA) is 75.2 Å². The van der Waals surface area contributed by atoms with E-state index >= 15 is 0 Å². The Balaban J connectivity index is 1.53. The molecule has 2 amide bonds. The van der Waals surface area contributed by atoms with Gasteiger partial charge in [0.15, 0.2) is 0 Å². The molecule has 2 aromatic carbocycles. The number of rotatable bonds is 4. The summed E-state index contributed by atoms with van der Waals surface area (Å²) < 4.78 is 0. The highest BCUT2D eigenvalue weighted by Crippen LogP contribution is 2.32. The second-order valence-electron chi connectivity index (χ2n) is 6.25. The van der Waals surface area contributed by atoms with Gasteiger partial charge < -0.3 is 10.2 Å². The molecule has 1 aliphatic heterocycles. The minimum absolute atomic E-state index is 0.0342. The zero-order valence-electron chi connectivity index (χ0n) is 14.3. The molecule has 1 atom stereocenters. The van der Waals surface area contributed by atoms with Crippen molar-refractivity contribution in [3.05, 3.63) is 47.5 Å². The molecule has 4 rings (SSSR count). The van der Waals surface area contributed by atoms with Crippen molar-refractivity contribution in [3.8, 4) is 0 Å². The fourth-order valence-electron chi connectivity index (χ4n) is 3.21. The third-order valence-electron chi connectivity index (χ3n) is 4.55. The minimum atomic E-state index is -0.393. The molecule has 0 radical (unpaired) electrons. The Morgan fingerprint density at radius 3 is 2.85 bits per heavy atom. The van der Waals surface area contributed by atoms with E-state index in [9.17, 15) is 9.59 Å². The molecular formula is C19H18N4O2S. The normalized spacial score (nSPS) is 17.0. The van der Waals surface area contributed by atoms with Crippen molar-refractivity contribution in [3.63, 3.8) is 0 Å². The predicted octanol–water partition coefficient (Wildman–Crippen LogP) is 3.25. The van der Waals surface area contributed by atoms with Crippen LogP contribution in [0.3, 0.4) is 0 Å². The van der Waals surface area contributed by atoms with Gasteiger partial charge in [-0.1, -0.05) is 54.7 Å². The van der Waals surface area contributed by atoms with Gasteiger partial charge in [-0.3, -0.25) is 9.59 Å². The average molecular weight is 366 g/mol. The Labute approximate surface area is 154 Å². The van der Waals surface area contributed by atoms with Gasteiger partial charge in [0.05, 0.1) is 11.6 Å². The highest BCUT2D eigenvalue weighted by Gasteiger charge is 2.36. The van der Waals surface area contributed by atoms with Crippen LogP contribution in [0.5, 0.6) is 0 Å². The molecule has 6 nitrogen and oxygen atoms in total. The SMILES string of the molecule is CCc1nnc(NC(=O)C2CC(=O)N(c3cccc4ccccc34)C2)s1. The highest BCUT2D eigenvalue weighted by molar-refractivity contribution is 7.15. The summed E-state index contributed by atoms with van der Waals surface area (Å²) in [5.74, 6) is -0.608. The second kappa shape index (κ2) is 6.84. The van der Waals surface area contributed by atoms with E-state index in [-0.39, 0.29) is 18.2 Å². The average Bonchev–Trinajstić information content (AvgIpc) is 3.27. The Hall–Kier alpha value is -2.80. The van der Waals surface area contributed by atoms with Crippen LogP contribution in [-0.4, -0.2) is 28.6 Å². The summed E-state index contributed by atoms with van der Waals surface area (Å²) in [6.45, 7) is 2.36. The molecule has 1 N–H and O–H groups in total. The number of hydrogen-bond acceptors (Lipinski definition) is 5. The first-order chi connectivity index (χ1) is 12.7. The zero-order valence-corrected chi connectivity index (χ0v) is 15.1. The zero-order chi connectivity index (χ0) is 18.1. The largest absolute Gasteiger partial charge is 0.311 e. The smallest absolute Gasteiger partial charge is 0.231 e. The lowest BCUT2D eigenvalue weighted by molar-refractivity contribution is -0.122. The molecular weight excluding hydrogens is 348 g/mol. The third-order valence-corrected chi connectivity index (χ3v) is 5.54. The highest BCUT2D eigenvalue weighted by atomic mass is 32.1. The number of aryl methyl sites for hydroxylation is 1. The van der Waals surface area contributed by atoms with Crippen molar-refractivity contribution in [2.24, 2.45) is 5.92 Å². The third kappa shape index (κ3) is 3.06. The van der Waals surface area contributed by atoms with Crippen LogP contribution in [0.15, 0.2) is 42.5 Å². The Morgan fingerprint density at radius 1 is 1.23 bits per heavy atom. The number of nitrogens with zero attached hydrogens (tertiary/aromatic N) is 3. The molecule has 1 unspecified atom stereocenters. The number of carbonyl (C=O) groups excluding carboxylic acids is 2. The molecule has 2 heterocycles. The summed E-state index contributed by atoms with van der Waals surface area (Å²) >= 11 is 1.37. The van der Waals surface area contributed by atoms with Crippen LogP contribution in [0, 0.1) is 5.92 Å². The van der Waals surface area contributed by atoms with Gasteiger partial charge in [-0.25, -0.2) is 0 Å². The van der Waals surface area contributed by atoms with Gasteiger partial charge >= 0.3 is 0 Å². The molecule has 7 heteroatoms. The summed E-state index contributed by atoms with van der Waals surface area (Å²) in [5, 5.41) is 14.2. The second-order valence-corrected chi connectivity index (χ2v) is 7.31. The summed E-state index contributed by atoms with van der Waals surface area (Å²) in [4.78, 5) is 26.8. The molecule has 3 aromatic rings. The van der Waals surface area contributed by atoms with Gasteiger partial charge in [0.1, 0.15) is 5.01 Å². The maximum absolute atomic E-state index is 12.6. The minimum Gasteiger partial charge on any atom is -0.311 e. The first kappa shape index (κ1) is 16.7. The monoisotopic (exact) mass is 366 g/mol. The standard InChI is InChI=1S/C19H18N4O2S/c1-2-16-21-22-19(26-16)20-18(25)13-10-17(24)23(11-13)15-9-5-7-12-6-3-4-8-14(12)15/h3-9,13H,2,10-11H2,1H3,(H,20,22,25). The number of anilines is 2. The van der Waals surface area contributed by atoms with Crippen LogP contribution in [0.4, 0.5) is 10.8 Å². The van der Waals surface area contributed by atoms with Crippen molar-refractivity contribution in [2.75, 3.05) is 16.8 Å². The van der Waals surface area contributed by atoms with Crippen molar-refractivity contribution >= 4 is 44.7 Å². The summed E-state index contributed by atoms with van der Waals surface area (Å²) in [5.41, 5.74) is 0.854. The molecule has 0 bridgehead atoms. The van der Waals surface area contributed by atoms with Gasteiger partial charge in [-0.15, -0.1) is 10.2 Å². The van der Waals surface area contributed by atoms with E-state index in [1.54, 1.807) is 4.90 Å². The Bertz CT molecular complexity index is 979. The molecule has 0 aliphatic carbocycles. The van der Waals surface area contributed by atoms with E-state index in [0.29, 0.717) is 11.7 Å². The Kier molecular flexibility index (Phi) is 4.38. The van der Waals surface area contributed by atoms with Crippen LogP contribution >= 0.6 is 11.3 Å². The molecule has 132 valence electrons. The van der Waals surface area contributed by atoms with E-state index in [0.717, 1.165) is 27.9 Å².